The molecule has 0 unspecified atom stereocenters. The molecule has 0 aliphatic heterocycles. The summed E-state index contributed by atoms with van der Waals surface area (Å²) in [5.74, 6) is -1.37. The first kappa shape index (κ1) is 10.7. The van der Waals surface area contributed by atoms with Crippen LogP contribution in [0.5, 0.6) is 0 Å². The monoisotopic (exact) mass is 171 g/mol. The number of carbonyl (C=O) groups is 2. The molecule has 1 amide bonds. The van der Waals surface area contributed by atoms with E-state index in [0.717, 1.165) is 0 Å². The Bertz CT molecular complexity index is 198. The maximum Gasteiger partial charge on any atom is 0.326 e. The second-order valence-electron chi connectivity index (χ2n) is 2.31. The van der Waals surface area contributed by atoms with Crippen molar-refractivity contribution < 1.29 is 14.7 Å². The normalized spacial score (nSPS) is 12.8. The van der Waals surface area contributed by atoms with Crippen molar-refractivity contribution in [3.63, 3.8) is 0 Å². The molecule has 1 atom stereocenters. The van der Waals surface area contributed by atoms with Gasteiger partial charge in [0.1, 0.15) is 6.04 Å². The van der Waals surface area contributed by atoms with Crippen LogP contribution < -0.4 is 5.32 Å². The van der Waals surface area contributed by atoms with Gasteiger partial charge in [0.05, 0.1) is 0 Å². The molecular weight excluding hydrogens is 158 g/mol. The Morgan fingerprint density at radius 2 is 2.17 bits per heavy atom. The summed E-state index contributed by atoms with van der Waals surface area (Å²) in [6, 6.07) is -0.784. The van der Waals surface area contributed by atoms with Crippen molar-refractivity contribution in [1.82, 2.24) is 5.32 Å². The van der Waals surface area contributed by atoms with Gasteiger partial charge in [0.2, 0.25) is 5.91 Å². The lowest BCUT2D eigenvalue weighted by Gasteiger charge is -2.09. The molecule has 2 N–H and O–H groups in total. The Balaban J connectivity index is 4.03. The molecule has 0 radical (unpaired) electrons. The molecule has 0 bridgehead atoms. The van der Waals surface area contributed by atoms with E-state index in [9.17, 15) is 9.59 Å². The van der Waals surface area contributed by atoms with Gasteiger partial charge in [-0.1, -0.05) is 13.0 Å². The Kier molecular flexibility index (Phi) is 4.76. The van der Waals surface area contributed by atoms with Crippen LogP contribution in [-0.4, -0.2) is 23.0 Å². The number of amides is 1. The third kappa shape index (κ3) is 3.75. The fourth-order valence-electron chi connectivity index (χ4n) is 0.710. The molecule has 0 spiro atoms. The maximum absolute atomic E-state index is 10.9. The number of carboxylic acids is 1. The van der Waals surface area contributed by atoms with Crippen LogP contribution in [0.3, 0.4) is 0 Å². The number of hydrogen-bond acceptors (Lipinski definition) is 2. The average Bonchev–Trinajstić information content (AvgIpc) is 2.00. The number of carbonyl (C=O) groups excluding carboxylic acids is 1. The van der Waals surface area contributed by atoms with Crippen molar-refractivity contribution in [3.8, 4) is 0 Å². The van der Waals surface area contributed by atoms with E-state index >= 15 is 0 Å². The van der Waals surface area contributed by atoms with Gasteiger partial charge in [0, 0.05) is 0 Å². The highest BCUT2D eigenvalue weighted by atomic mass is 16.4. The van der Waals surface area contributed by atoms with E-state index < -0.39 is 12.0 Å². The summed E-state index contributed by atoms with van der Waals surface area (Å²) in [4.78, 5) is 21.3. The molecule has 0 aliphatic carbocycles. The van der Waals surface area contributed by atoms with E-state index in [4.69, 9.17) is 5.11 Å². The minimum Gasteiger partial charge on any atom is -0.480 e. The summed E-state index contributed by atoms with van der Waals surface area (Å²) in [6.45, 7) is 3.40. The molecule has 0 rings (SSSR count). The van der Waals surface area contributed by atoms with Crippen molar-refractivity contribution in [1.29, 1.82) is 0 Å². The van der Waals surface area contributed by atoms with Crippen LogP contribution >= 0.6 is 0 Å². The van der Waals surface area contributed by atoms with Crippen LogP contribution in [-0.2, 0) is 9.59 Å². The lowest BCUT2D eigenvalue weighted by molar-refractivity contribution is -0.141. The SMILES string of the molecule is C/C=C/C(=O)N[C@@H](CC)C(=O)O. The number of allylic oxidation sites excluding steroid dienone is 1. The molecule has 4 heteroatoms. The van der Waals surface area contributed by atoms with Crippen molar-refractivity contribution >= 4 is 11.9 Å². The van der Waals surface area contributed by atoms with Crippen molar-refractivity contribution in [3.05, 3.63) is 12.2 Å². The van der Waals surface area contributed by atoms with E-state index in [0.29, 0.717) is 6.42 Å². The van der Waals surface area contributed by atoms with E-state index in [-0.39, 0.29) is 5.91 Å². The summed E-state index contributed by atoms with van der Waals surface area (Å²) in [5, 5.41) is 10.9. The fraction of sp³-hybridized carbons (Fsp3) is 0.500. The summed E-state index contributed by atoms with van der Waals surface area (Å²) >= 11 is 0. The molecule has 0 saturated heterocycles. The van der Waals surface area contributed by atoms with E-state index in [1.54, 1.807) is 19.9 Å². The Labute approximate surface area is 71.3 Å². The number of rotatable bonds is 4. The molecule has 12 heavy (non-hydrogen) atoms. The lowest BCUT2D eigenvalue weighted by atomic mass is 10.2. The second kappa shape index (κ2) is 5.35. The predicted octanol–water partition coefficient (Wildman–Crippen LogP) is 0.542. The van der Waals surface area contributed by atoms with Gasteiger partial charge in [-0.3, -0.25) is 4.79 Å². The third-order valence-electron chi connectivity index (χ3n) is 1.34. The largest absolute Gasteiger partial charge is 0.480 e. The molecule has 68 valence electrons. The molecule has 4 nitrogen and oxygen atoms in total. The Morgan fingerprint density at radius 1 is 1.58 bits per heavy atom. The first-order valence-electron chi connectivity index (χ1n) is 3.77. The Hall–Kier alpha value is -1.32. The van der Waals surface area contributed by atoms with Crippen LogP contribution in [0.2, 0.25) is 0 Å². The van der Waals surface area contributed by atoms with Crippen LogP contribution in [0, 0.1) is 0 Å². The first-order valence-corrected chi connectivity index (χ1v) is 3.77. The number of aliphatic carboxylic acids is 1. The topological polar surface area (TPSA) is 66.4 Å². The highest BCUT2D eigenvalue weighted by Crippen LogP contribution is 1.90. The van der Waals surface area contributed by atoms with Gasteiger partial charge in [-0.15, -0.1) is 0 Å². The molecular formula is C8H13NO3. The van der Waals surface area contributed by atoms with Crippen molar-refractivity contribution in [2.45, 2.75) is 26.3 Å². The third-order valence-corrected chi connectivity index (χ3v) is 1.34. The molecule has 0 aromatic heterocycles. The highest BCUT2D eigenvalue weighted by molar-refractivity contribution is 5.90. The predicted molar refractivity (Wildman–Crippen MR) is 44.7 cm³/mol. The van der Waals surface area contributed by atoms with Gasteiger partial charge in [0.15, 0.2) is 0 Å². The number of carboxylic acid groups (broad SMARTS) is 1. The van der Waals surface area contributed by atoms with Gasteiger partial charge in [-0.05, 0) is 19.4 Å². The smallest absolute Gasteiger partial charge is 0.326 e. The molecule has 0 aliphatic rings. The zero-order valence-corrected chi connectivity index (χ0v) is 7.20. The zero-order chi connectivity index (χ0) is 9.56. The molecule has 0 fully saturated rings. The number of hydrogen-bond donors (Lipinski definition) is 2. The fourth-order valence-corrected chi connectivity index (χ4v) is 0.710. The van der Waals surface area contributed by atoms with Crippen molar-refractivity contribution in [2.75, 3.05) is 0 Å². The van der Waals surface area contributed by atoms with Gasteiger partial charge in [-0.25, -0.2) is 4.79 Å². The van der Waals surface area contributed by atoms with E-state index in [1.165, 1.54) is 6.08 Å². The van der Waals surface area contributed by atoms with Crippen LogP contribution in [0.15, 0.2) is 12.2 Å². The van der Waals surface area contributed by atoms with Gasteiger partial charge in [0.25, 0.3) is 0 Å². The van der Waals surface area contributed by atoms with E-state index in [2.05, 4.69) is 5.32 Å². The summed E-state index contributed by atoms with van der Waals surface area (Å²) < 4.78 is 0. The van der Waals surface area contributed by atoms with Crippen LogP contribution in [0.1, 0.15) is 20.3 Å². The van der Waals surface area contributed by atoms with Crippen LogP contribution in [0.25, 0.3) is 0 Å². The first-order chi connectivity index (χ1) is 5.61. The summed E-state index contributed by atoms with van der Waals surface area (Å²) in [7, 11) is 0. The molecule has 0 aromatic rings. The quantitative estimate of drug-likeness (QED) is 0.607. The summed E-state index contributed by atoms with van der Waals surface area (Å²) in [5.41, 5.74) is 0. The Morgan fingerprint density at radius 3 is 2.50 bits per heavy atom. The number of nitrogens with one attached hydrogen (secondary N) is 1. The van der Waals surface area contributed by atoms with Gasteiger partial charge in [-0.2, -0.15) is 0 Å². The lowest BCUT2D eigenvalue weighted by Crippen LogP contribution is -2.39. The van der Waals surface area contributed by atoms with Crippen molar-refractivity contribution in [2.24, 2.45) is 0 Å². The standard InChI is InChI=1S/C8H13NO3/c1-3-5-7(10)9-6(4-2)8(11)12/h3,5-6H,4H2,1-2H3,(H,9,10)(H,11,12)/b5-3+/t6-/m0/s1. The average molecular weight is 171 g/mol. The zero-order valence-electron chi connectivity index (χ0n) is 7.20. The molecule has 0 saturated carbocycles. The molecule has 0 heterocycles. The minimum atomic E-state index is -1.00. The van der Waals surface area contributed by atoms with Gasteiger partial charge >= 0.3 is 5.97 Å². The van der Waals surface area contributed by atoms with Crippen LogP contribution in [0.4, 0.5) is 0 Å². The van der Waals surface area contributed by atoms with Gasteiger partial charge < -0.3 is 10.4 Å². The highest BCUT2D eigenvalue weighted by Gasteiger charge is 2.15. The van der Waals surface area contributed by atoms with E-state index in [1.807, 2.05) is 0 Å². The molecule has 0 aromatic carbocycles. The second-order valence-corrected chi connectivity index (χ2v) is 2.31. The minimum absolute atomic E-state index is 0.369. The maximum atomic E-state index is 10.9. The summed E-state index contributed by atoms with van der Waals surface area (Å²) in [6.07, 6.45) is 3.24.